The first-order valence-corrected chi connectivity index (χ1v) is 6.20. The summed E-state index contributed by atoms with van der Waals surface area (Å²) in [6.07, 6.45) is 1.12. The molecule has 0 radical (unpaired) electrons. The van der Waals surface area contributed by atoms with Crippen LogP contribution in [0.15, 0.2) is 10.5 Å². The summed E-state index contributed by atoms with van der Waals surface area (Å²) in [5.41, 5.74) is 1.26. The molecule has 2 N–H and O–H groups in total. The van der Waals surface area contributed by atoms with E-state index in [1.54, 1.807) is 7.11 Å². The SMILES string of the molecule is COCCNCCCNCc1cc(C)oc1C. The molecule has 1 heterocycles. The van der Waals surface area contributed by atoms with Crippen LogP contribution in [0.5, 0.6) is 0 Å². The number of hydrogen-bond donors (Lipinski definition) is 2. The molecule has 0 spiro atoms. The van der Waals surface area contributed by atoms with Crippen LogP contribution in [0.2, 0.25) is 0 Å². The summed E-state index contributed by atoms with van der Waals surface area (Å²) in [6.45, 7) is 8.63. The molecule has 4 heteroatoms. The number of furan rings is 1. The van der Waals surface area contributed by atoms with E-state index in [1.165, 1.54) is 5.56 Å². The second-order valence-electron chi connectivity index (χ2n) is 4.21. The smallest absolute Gasteiger partial charge is 0.105 e. The molecule has 1 rings (SSSR count). The first-order valence-electron chi connectivity index (χ1n) is 6.20. The summed E-state index contributed by atoms with van der Waals surface area (Å²) >= 11 is 0. The van der Waals surface area contributed by atoms with Crippen LogP contribution in [-0.4, -0.2) is 33.4 Å². The number of methoxy groups -OCH3 is 1. The van der Waals surface area contributed by atoms with Crippen LogP contribution in [0.25, 0.3) is 0 Å². The molecule has 0 unspecified atom stereocenters. The standard InChI is InChI=1S/C13H24N2O2/c1-11-9-13(12(2)17-11)10-15-6-4-5-14-7-8-16-3/h9,14-15H,4-8,10H2,1-3H3. The largest absolute Gasteiger partial charge is 0.466 e. The van der Waals surface area contributed by atoms with Gasteiger partial charge in [0.15, 0.2) is 0 Å². The maximum Gasteiger partial charge on any atom is 0.105 e. The Hall–Kier alpha value is -0.840. The summed E-state index contributed by atoms with van der Waals surface area (Å²) in [4.78, 5) is 0. The van der Waals surface area contributed by atoms with Crippen molar-refractivity contribution in [3.63, 3.8) is 0 Å². The molecule has 17 heavy (non-hydrogen) atoms. The Morgan fingerprint density at radius 2 is 1.94 bits per heavy atom. The lowest BCUT2D eigenvalue weighted by Gasteiger charge is -2.05. The fourth-order valence-corrected chi connectivity index (χ4v) is 1.72. The Morgan fingerprint density at radius 1 is 1.18 bits per heavy atom. The lowest BCUT2D eigenvalue weighted by molar-refractivity contribution is 0.199. The Labute approximate surface area is 104 Å². The minimum Gasteiger partial charge on any atom is -0.466 e. The third kappa shape index (κ3) is 5.86. The zero-order valence-corrected chi connectivity index (χ0v) is 11.1. The third-order valence-electron chi connectivity index (χ3n) is 2.65. The van der Waals surface area contributed by atoms with Crippen molar-refractivity contribution in [2.75, 3.05) is 33.4 Å². The van der Waals surface area contributed by atoms with Crippen LogP contribution >= 0.6 is 0 Å². The molecule has 0 fully saturated rings. The van der Waals surface area contributed by atoms with Gasteiger partial charge in [0.2, 0.25) is 0 Å². The van der Waals surface area contributed by atoms with E-state index in [0.29, 0.717) is 0 Å². The van der Waals surface area contributed by atoms with Crippen molar-refractivity contribution in [3.05, 3.63) is 23.2 Å². The van der Waals surface area contributed by atoms with E-state index in [-0.39, 0.29) is 0 Å². The first-order chi connectivity index (χ1) is 8.24. The lowest BCUT2D eigenvalue weighted by Crippen LogP contribution is -2.24. The van der Waals surface area contributed by atoms with Crippen molar-refractivity contribution in [1.82, 2.24) is 10.6 Å². The monoisotopic (exact) mass is 240 g/mol. The van der Waals surface area contributed by atoms with Gasteiger partial charge in [0.25, 0.3) is 0 Å². The highest BCUT2D eigenvalue weighted by molar-refractivity contribution is 5.19. The van der Waals surface area contributed by atoms with Crippen molar-refractivity contribution in [3.8, 4) is 0 Å². The molecular formula is C13H24N2O2. The maximum absolute atomic E-state index is 5.47. The molecule has 0 saturated carbocycles. The fourth-order valence-electron chi connectivity index (χ4n) is 1.72. The predicted molar refractivity (Wildman–Crippen MR) is 69.3 cm³/mol. The molecule has 0 aromatic carbocycles. The topological polar surface area (TPSA) is 46.4 Å². The average Bonchev–Trinajstić information content (AvgIpc) is 2.61. The molecular weight excluding hydrogens is 216 g/mol. The van der Waals surface area contributed by atoms with Crippen molar-refractivity contribution in [2.45, 2.75) is 26.8 Å². The predicted octanol–water partition coefficient (Wildman–Crippen LogP) is 1.61. The second-order valence-corrected chi connectivity index (χ2v) is 4.21. The first kappa shape index (κ1) is 14.2. The van der Waals surface area contributed by atoms with Crippen LogP contribution in [-0.2, 0) is 11.3 Å². The van der Waals surface area contributed by atoms with Gasteiger partial charge < -0.3 is 19.8 Å². The Bertz CT molecular complexity index is 310. The number of rotatable bonds is 9. The summed E-state index contributed by atoms with van der Waals surface area (Å²) < 4.78 is 10.4. The lowest BCUT2D eigenvalue weighted by atomic mass is 10.2. The number of aryl methyl sites for hydroxylation is 2. The minimum atomic E-state index is 0.779. The van der Waals surface area contributed by atoms with Gasteiger partial charge >= 0.3 is 0 Å². The molecule has 4 nitrogen and oxygen atoms in total. The Balaban J connectivity index is 1.99. The fraction of sp³-hybridized carbons (Fsp3) is 0.692. The van der Waals surface area contributed by atoms with Crippen molar-refractivity contribution >= 4 is 0 Å². The van der Waals surface area contributed by atoms with Gasteiger partial charge in [-0.1, -0.05) is 0 Å². The van der Waals surface area contributed by atoms with E-state index < -0.39 is 0 Å². The molecule has 0 aliphatic carbocycles. The summed E-state index contributed by atoms with van der Waals surface area (Å²) in [5.74, 6) is 2.01. The van der Waals surface area contributed by atoms with E-state index in [0.717, 1.165) is 50.7 Å². The van der Waals surface area contributed by atoms with Crippen LogP contribution in [0.4, 0.5) is 0 Å². The molecule has 0 saturated heterocycles. The van der Waals surface area contributed by atoms with Gasteiger partial charge in [-0.05, 0) is 39.4 Å². The zero-order valence-electron chi connectivity index (χ0n) is 11.1. The van der Waals surface area contributed by atoms with E-state index in [2.05, 4.69) is 16.7 Å². The van der Waals surface area contributed by atoms with Gasteiger partial charge in [-0.3, -0.25) is 0 Å². The number of hydrogen-bond acceptors (Lipinski definition) is 4. The van der Waals surface area contributed by atoms with Gasteiger partial charge in [0.05, 0.1) is 6.61 Å². The molecule has 0 aliphatic heterocycles. The van der Waals surface area contributed by atoms with Crippen LogP contribution in [0.3, 0.4) is 0 Å². The summed E-state index contributed by atoms with van der Waals surface area (Å²) in [6, 6.07) is 2.10. The van der Waals surface area contributed by atoms with Gasteiger partial charge in [0.1, 0.15) is 11.5 Å². The number of ether oxygens (including phenoxy) is 1. The molecule has 0 amide bonds. The summed E-state index contributed by atoms with van der Waals surface area (Å²) in [7, 11) is 1.72. The molecule has 1 aromatic rings. The quantitative estimate of drug-likeness (QED) is 0.644. The van der Waals surface area contributed by atoms with Crippen LogP contribution in [0, 0.1) is 13.8 Å². The number of nitrogens with one attached hydrogen (secondary N) is 2. The molecule has 0 bridgehead atoms. The molecule has 0 aliphatic rings. The van der Waals surface area contributed by atoms with E-state index in [4.69, 9.17) is 9.15 Å². The molecule has 0 atom stereocenters. The van der Waals surface area contributed by atoms with Gasteiger partial charge in [-0.25, -0.2) is 0 Å². The Kier molecular flexibility index (Phi) is 6.93. The van der Waals surface area contributed by atoms with E-state index >= 15 is 0 Å². The summed E-state index contributed by atoms with van der Waals surface area (Å²) in [5, 5.41) is 6.73. The maximum atomic E-state index is 5.47. The zero-order chi connectivity index (χ0) is 12.5. The minimum absolute atomic E-state index is 0.779. The van der Waals surface area contributed by atoms with Gasteiger partial charge in [-0.2, -0.15) is 0 Å². The highest BCUT2D eigenvalue weighted by atomic mass is 16.5. The second kappa shape index (κ2) is 8.28. The van der Waals surface area contributed by atoms with Gasteiger partial charge in [-0.15, -0.1) is 0 Å². The van der Waals surface area contributed by atoms with Crippen molar-refractivity contribution in [1.29, 1.82) is 0 Å². The normalized spacial score (nSPS) is 11.0. The Morgan fingerprint density at radius 3 is 2.59 bits per heavy atom. The molecule has 1 aromatic heterocycles. The van der Waals surface area contributed by atoms with Crippen LogP contribution < -0.4 is 10.6 Å². The van der Waals surface area contributed by atoms with Crippen molar-refractivity contribution < 1.29 is 9.15 Å². The van der Waals surface area contributed by atoms with Crippen LogP contribution in [0.1, 0.15) is 23.5 Å². The van der Waals surface area contributed by atoms with E-state index in [9.17, 15) is 0 Å². The van der Waals surface area contributed by atoms with E-state index in [1.807, 2.05) is 13.8 Å². The molecule has 98 valence electrons. The van der Waals surface area contributed by atoms with Crippen molar-refractivity contribution in [2.24, 2.45) is 0 Å². The highest BCUT2D eigenvalue weighted by Crippen LogP contribution is 2.12. The third-order valence-corrected chi connectivity index (χ3v) is 2.65. The average molecular weight is 240 g/mol. The van der Waals surface area contributed by atoms with Gasteiger partial charge in [0, 0.05) is 25.8 Å². The highest BCUT2D eigenvalue weighted by Gasteiger charge is 2.02.